The molecule has 0 aromatic heterocycles. The number of aliphatic imine (C=N–C) groups is 1. The van der Waals surface area contributed by atoms with Gasteiger partial charge in [0.15, 0.2) is 5.96 Å². The molecular weight excluding hydrogens is 236 g/mol. The topological polar surface area (TPSA) is 36.4 Å². The van der Waals surface area contributed by atoms with Crippen LogP contribution in [0.5, 0.6) is 0 Å². The van der Waals surface area contributed by atoms with Gasteiger partial charge >= 0.3 is 0 Å². The zero-order chi connectivity index (χ0) is 13.4. The summed E-state index contributed by atoms with van der Waals surface area (Å²) in [5.74, 6) is -0.462. The van der Waals surface area contributed by atoms with Crippen LogP contribution < -0.4 is 10.6 Å². The number of nitrogens with zero attached hydrogens (tertiary/aromatic N) is 1. The van der Waals surface area contributed by atoms with E-state index in [0.717, 1.165) is 6.07 Å². The normalized spacial score (nSPS) is 11.2. The van der Waals surface area contributed by atoms with Crippen LogP contribution in [-0.4, -0.2) is 26.1 Å². The third kappa shape index (κ3) is 4.53. The van der Waals surface area contributed by atoms with Crippen molar-refractivity contribution in [1.29, 1.82) is 0 Å². The lowest BCUT2D eigenvalue weighted by Gasteiger charge is -2.10. The number of nitrogens with one attached hydrogen (secondary N) is 2. The number of halogens is 2. The lowest BCUT2D eigenvalue weighted by atomic mass is 10.1. The van der Waals surface area contributed by atoms with Crippen molar-refractivity contribution in [1.82, 2.24) is 10.6 Å². The second kappa shape index (κ2) is 7.42. The summed E-state index contributed by atoms with van der Waals surface area (Å²) in [7, 11) is 1.65. The van der Waals surface area contributed by atoms with Gasteiger partial charge in [-0.1, -0.05) is 12.1 Å². The highest BCUT2D eigenvalue weighted by Gasteiger charge is 2.03. The molecule has 18 heavy (non-hydrogen) atoms. The fourth-order valence-corrected chi connectivity index (χ4v) is 1.43. The minimum absolute atomic E-state index is 0.459. The van der Waals surface area contributed by atoms with Crippen LogP contribution >= 0.6 is 0 Å². The first-order valence-corrected chi connectivity index (χ1v) is 5.66. The van der Waals surface area contributed by atoms with Crippen molar-refractivity contribution in [3.05, 3.63) is 48.1 Å². The number of hydrogen-bond donors (Lipinski definition) is 2. The molecule has 0 aliphatic carbocycles. The molecular formula is C13H17F2N3. The van der Waals surface area contributed by atoms with Gasteiger partial charge in [-0.15, -0.1) is 6.58 Å². The van der Waals surface area contributed by atoms with Crippen LogP contribution in [0, 0.1) is 11.6 Å². The van der Waals surface area contributed by atoms with Crippen molar-refractivity contribution in [2.75, 3.05) is 20.1 Å². The first-order chi connectivity index (χ1) is 8.67. The van der Waals surface area contributed by atoms with E-state index in [2.05, 4.69) is 22.2 Å². The van der Waals surface area contributed by atoms with Crippen LogP contribution in [0.2, 0.25) is 0 Å². The average Bonchev–Trinajstić information content (AvgIpc) is 2.36. The zero-order valence-electron chi connectivity index (χ0n) is 10.3. The van der Waals surface area contributed by atoms with Crippen molar-refractivity contribution >= 4 is 5.96 Å². The predicted molar refractivity (Wildman–Crippen MR) is 69.6 cm³/mol. The Morgan fingerprint density at radius 3 is 2.78 bits per heavy atom. The maximum atomic E-state index is 13.3. The lowest BCUT2D eigenvalue weighted by Crippen LogP contribution is -2.38. The summed E-state index contributed by atoms with van der Waals surface area (Å²) < 4.78 is 26.0. The summed E-state index contributed by atoms with van der Waals surface area (Å²) in [5.41, 5.74) is 0.475. The molecule has 0 heterocycles. The minimum atomic E-state index is -0.562. The Labute approximate surface area is 106 Å². The molecule has 0 spiro atoms. The van der Waals surface area contributed by atoms with Crippen molar-refractivity contribution in [3.8, 4) is 0 Å². The van der Waals surface area contributed by atoms with Crippen LogP contribution in [0.4, 0.5) is 8.78 Å². The van der Waals surface area contributed by atoms with Gasteiger partial charge in [-0.25, -0.2) is 8.78 Å². The fourth-order valence-electron chi connectivity index (χ4n) is 1.43. The molecule has 0 unspecified atom stereocenters. The summed E-state index contributed by atoms with van der Waals surface area (Å²) in [6.45, 7) is 4.70. The molecule has 1 aromatic carbocycles. The van der Waals surface area contributed by atoms with Crippen LogP contribution in [0.1, 0.15) is 5.56 Å². The van der Waals surface area contributed by atoms with Gasteiger partial charge in [0, 0.05) is 26.2 Å². The molecule has 0 atom stereocenters. The maximum Gasteiger partial charge on any atom is 0.191 e. The van der Waals surface area contributed by atoms with Crippen LogP contribution in [0.15, 0.2) is 35.8 Å². The third-order valence-corrected chi connectivity index (χ3v) is 2.34. The molecule has 1 aromatic rings. The lowest BCUT2D eigenvalue weighted by molar-refractivity contribution is 0.570. The van der Waals surface area contributed by atoms with Gasteiger partial charge in [-0.05, 0) is 18.1 Å². The first-order valence-electron chi connectivity index (χ1n) is 5.66. The van der Waals surface area contributed by atoms with E-state index in [-0.39, 0.29) is 0 Å². The summed E-state index contributed by atoms with van der Waals surface area (Å²) in [6, 6.07) is 3.59. The average molecular weight is 253 g/mol. The standard InChI is InChI=1S/C13H17F2N3/c1-3-7-17-13(16-2)18-8-6-10-4-5-11(14)9-12(10)15/h3-5,9H,1,6-8H2,2H3,(H2,16,17,18). The molecule has 0 amide bonds. The molecule has 1 rings (SSSR count). The van der Waals surface area contributed by atoms with Gasteiger partial charge in [0.25, 0.3) is 0 Å². The molecule has 0 fully saturated rings. The van der Waals surface area contributed by atoms with Gasteiger partial charge in [0.2, 0.25) is 0 Å². The number of rotatable bonds is 5. The third-order valence-electron chi connectivity index (χ3n) is 2.34. The van der Waals surface area contributed by atoms with Crippen molar-refractivity contribution in [2.45, 2.75) is 6.42 Å². The molecule has 5 heteroatoms. The van der Waals surface area contributed by atoms with E-state index in [9.17, 15) is 8.78 Å². The van der Waals surface area contributed by atoms with E-state index in [1.54, 1.807) is 13.1 Å². The smallest absolute Gasteiger partial charge is 0.191 e. The quantitative estimate of drug-likeness (QED) is 0.477. The SMILES string of the molecule is C=CCNC(=NC)NCCc1ccc(F)cc1F. The Balaban J connectivity index is 2.43. The Morgan fingerprint density at radius 2 is 2.17 bits per heavy atom. The van der Waals surface area contributed by atoms with Gasteiger partial charge in [-0.3, -0.25) is 4.99 Å². The summed E-state index contributed by atoms with van der Waals surface area (Å²) in [5, 5.41) is 6.02. The second-order valence-corrected chi connectivity index (χ2v) is 3.65. The fraction of sp³-hybridized carbons (Fsp3) is 0.308. The first kappa shape index (κ1) is 14.2. The molecule has 0 saturated carbocycles. The molecule has 98 valence electrons. The van der Waals surface area contributed by atoms with Crippen LogP contribution in [0.3, 0.4) is 0 Å². The van der Waals surface area contributed by atoms with Crippen LogP contribution in [-0.2, 0) is 6.42 Å². The molecule has 0 bridgehead atoms. The molecule has 2 N–H and O–H groups in total. The van der Waals surface area contributed by atoms with E-state index >= 15 is 0 Å². The Morgan fingerprint density at radius 1 is 1.39 bits per heavy atom. The Hall–Kier alpha value is -1.91. The molecule has 0 radical (unpaired) electrons. The highest BCUT2D eigenvalue weighted by molar-refractivity contribution is 5.79. The van der Waals surface area contributed by atoms with E-state index in [0.29, 0.717) is 31.0 Å². The van der Waals surface area contributed by atoms with E-state index < -0.39 is 11.6 Å². The van der Waals surface area contributed by atoms with Crippen molar-refractivity contribution in [3.63, 3.8) is 0 Å². The predicted octanol–water partition coefficient (Wildman–Crippen LogP) is 1.86. The van der Waals surface area contributed by atoms with Gasteiger partial charge < -0.3 is 10.6 Å². The Bertz CT molecular complexity index is 430. The summed E-state index contributed by atoms with van der Waals surface area (Å²) in [4.78, 5) is 3.99. The van der Waals surface area contributed by atoms with E-state index in [1.807, 2.05) is 0 Å². The van der Waals surface area contributed by atoms with Crippen molar-refractivity contribution in [2.24, 2.45) is 4.99 Å². The molecule has 0 saturated heterocycles. The van der Waals surface area contributed by atoms with Crippen LogP contribution in [0.25, 0.3) is 0 Å². The molecule has 0 aliphatic rings. The zero-order valence-corrected chi connectivity index (χ0v) is 10.3. The second-order valence-electron chi connectivity index (χ2n) is 3.65. The van der Waals surface area contributed by atoms with Crippen molar-refractivity contribution < 1.29 is 8.78 Å². The van der Waals surface area contributed by atoms with Gasteiger partial charge in [0.1, 0.15) is 11.6 Å². The minimum Gasteiger partial charge on any atom is -0.356 e. The number of benzene rings is 1. The largest absolute Gasteiger partial charge is 0.356 e. The van der Waals surface area contributed by atoms with Gasteiger partial charge in [0.05, 0.1) is 0 Å². The van der Waals surface area contributed by atoms with Gasteiger partial charge in [-0.2, -0.15) is 0 Å². The maximum absolute atomic E-state index is 13.3. The molecule has 3 nitrogen and oxygen atoms in total. The summed E-state index contributed by atoms with van der Waals surface area (Å²) >= 11 is 0. The van der Waals surface area contributed by atoms with E-state index in [4.69, 9.17) is 0 Å². The highest BCUT2D eigenvalue weighted by atomic mass is 19.1. The monoisotopic (exact) mass is 253 g/mol. The highest BCUT2D eigenvalue weighted by Crippen LogP contribution is 2.09. The van der Waals surface area contributed by atoms with E-state index in [1.165, 1.54) is 12.1 Å². The summed E-state index contributed by atoms with van der Waals surface area (Å²) in [6.07, 6.45) is 2.17. The number of guanidine groups is 1. The number of hydrogen-bond acceptors (Lipinski definition) is 1. The Kier molecular flexibility index (Phi) is 5.84. The molecule has 0 aliphatic heterocycles.